The maximum atomic E-state index is 14.2. The van der Waals surface area contributed by atoms with E-state index in [1.807, 2.05) is 0 Å². The second kappa shape index (κ2) is 6.08. The summed E-state index contributed by atoms with van der Waals surface area (Å²) in [5, 5.41) is 19.3. The van der Waals surface area contributed by atoms with E-state index in [1.54, 1.807) is 12.1 Å². The summed E-state index contributed by atoms with van der Waals surface area (Å²) in [7, 11) is 0. The van der Waals surface area contributed by atoms with Crippen LogP contribution in [0.3, 0.4) is 0 Å². The molecule has 1 aliphatic carbocycles. The molecule has 1 saturated carbocycles. The van der Waals surface area contributed by atoms with Crippen LogP contribution in [0, 0.1) is 11.7 Å². The average molecular weight is 386 g/mol. The molecule has 27 heavy (non-hydrogen) atoms. The van der Waals surface area contributed by atoms with E-state index < -0.39 is 11.7 Å². The van der Waals surface area contributed by atoms with Crippen LogP contribution < -0.4 is 10.2 Å². The Hall–Kier alpha value is -2.88. The molecule has 3 aromatic rings. The Labute approximate surface area is 156 Å². The number of fused-ring (bicyclic) bond motifs is 1. The monoisotopic (exact) mass is 386 g/mol. The first-order valence-corrected chi connectivity index (χ1v) is 9.49. The maximum absolute atomic E-state index is 14.2. The van der Waals surface area contributed by atoms with Gasteiger partial charge in [-0.3, -0.25) is 19.6 Å². The average Bonchev–Trinajstić information content (AvgIpc) is 3.06. The molecule has 2 amide bonds. The van der Waals surface area contributed by atoms with Crippen LogP contribution in [-0.4, -0.2) is 38.8 Å². The molecule has 3 heterocycles. The lowest BCUT2D eigenvalue weighted by Gasteiger charge is -2.14. The number of nitrogens with one attached hydrogen (secondary N) is 2. The number of halogens is 1. The normalized spacial score (nSPS) is 19.8. The number of anilines is 2. The van der Waals surface area contributed by atoms with E-state index in [-0.39, 0.29) is 36.0 Å². The van der Waals surface area contributed by atoms with Crippen LogP contribution in [0.15, 0.2) is 18.2 Å². The van der Waals surface area contributed by atoms with Crippen LogP contribution >= 0.6 is 11.3 Å². The summed E-state index contributed by atoms with van der Waals surface area (Å²) in [6.07, 6.45) is 2.27. The molecule has 0 bridgehead atoms. The smallest absolute Gasteiger partial charge is 0.231 e. The fraction of sp³-hybridized carbons (Fsp3) is 0.353. The van der Waals surface area contributed by atoms with Gasteiger partial charge in [0.15, 0.2) is 5.82 Å². The first-order valence-electron chi connectivity index (χ1n) is 8.67. The third-order valence-corrected chi connectivity index (χ3v) is 5.87. The van der Waals surface area contributed by atoms with Crippen molar-refractivity contribution >= 4 is 45.0 Å². The third kappa shape index (κ3) is 2.85. The zero-order valence-corrected chi connectivity index (χ0v) is 14.9. The van der Waals surface area contributed by atoms with Crippen molar-refractivity contribution in [2.24, 2.45) is 5.92 Å². The molecule has 1 aliphatic heterocycles. The van der Waals surface area contributed by atoms with Crippen molar-refractivity contribution in [1.29, 1.82) is 0 Å². The van der Waals surface area contributed by atoms with Gasteiger partial charge in [0, 0.05) is 18.9 Å². The SMILES string of the molecule is O=C(Nc1nnc(C2CC2)s1)[C@@H]1CC(=O)N(c2n[nH]c3cccc(F)c23)C1. The Balaban J connectivity index is 1.34. The van der Waals surface area contributed by atoms with Crippen molar-refractivity contribution in [1.82, 2.24) is 20.4 Å². The summed E-state index contributed by atoms with van der Waals surface area (Å²) in [6.45, 7) is 0.146. The Bertz CT molecular complexity index is 1060. The van der Waals surface area contributed by atoms with E-state index in [9.17, 15) is 14.0 Å². The molecule has 2 aromatic heterocycles. The molecule has 1 aromatic carbocycles. The van der Waals surface area contributed by atoms with Gasteiger partial charge in [-0.1, -0.05) is 17.4 Å². The first-order chi connectivity index (χ1) is 13.1. The molecule has 0 radical (unpaired) electrons. The van der Waals surface area contributed by atoms with Crippen molar-refractivity contribution in [2.45, 2.75) is 25.2 Å². The van der Waals surface area contributed by atoms with Gasteiger partial charge in [-0.2, -0.15) is 5.10 Å². The summed E-state index contributed by atoms with van der Waals surface area (Å²) >= 11 is 1.37. The maximum Gasteiger partial charge on any atom is 0.231 e. The molecule has 5 rings (SSSR count). The molecule has 0 unspecified atom stereocenters. The van der Waals surface area contributed by atoms with Gasteiger partial charge in [0.2, 0.25) is 16.9 Å². The lowest BCUT2D eigenvalue weighted by molar-refractivity contribution is -0.122. The first kappa shape index (κ1) is 16.3. The molecule has 2 aliphatic rings. The van der Waals surface area contributed by atoms with Gasteiger partial charge < -0.3 is 5.32 Å². The highest BCUT2D eigenvalue weighted by atomic mass is 32.1. The fourth-order valence-electron chi connectivity index (χ4n) is 3.28. The van der Waals surface area contributed by atoms with E-state index in [0.29, 0.717) is 16.6 Å². The van der Waals surface area contributed by atoms with Crippen LogP contribution in [0.2, 0.25) is 0 Å². The van der Waals surface area contributed by atoms with Gasteiger partial charge in [-0.15, -0.1) is 10.2 Å². The Morgan fingerprint density at radius 3 is 3.00 bits per heavy atom. The van der Waals surface area contributed by atoms with Gasteiger partial charge in [-0.05, 0) is 25.0 Å². The molecule has 8 nitrogen and oxygen atoms in total. The summed E-state index contributed by atoms with van der Waals surface area (Å²) in [5.41, 5.74) is 0.507. The number of benzene rings is 1. The topological polar surface area (TPSA) is 104 Å². The number of aromatic nitrogens is 4. The largest absolute Gasteiger partial charge is 0.300 e. The van der Waals surface area contributed by atoms with Gasteiger partial charge in [0.05, 0.1) is 16.8 Å². The highest BCUT2D eigenvalue weighted by Crippen LogP contribution is 2.42. The van der Waals surface area contributed by atoms with E-state index in [4.69, 9.17) is 0 Å². The zero-order valence-electron chi connectivity index (χ0n) is 14.1. The Morgan fingerprint density at radius 2 is 2.19 bits per heavy atom. The number of aromatic amines is 1. The van der Waals surface area contributed by atoms with Crippen molar-refractivity contribution in [3.05, 3.63) is 29.0 Å². The highest BCUT2D eigenvalue weighted by Gasteiger charge is 2.38. The minimum absolute atomic E-state index is 0.0446. The second-order valence-corrected chi connectivity index (χ2v) is 7.83. The van der Waals surface area contributed by atoms with Crippen molar-refractivity contribution in [3.8, 4) is 0 Å². The van der Waals surface area contributed by atoms with Gasteiger partial charge >= 0.3 is 0 Å². The standard InChI is InChI=1S/C17H15FN6O2S/c18-10-2-1-3-11-13(10)14(21-20-11)24-7-9(6-12(24)25)15(26)19-17-23-22-16(27-17)8-4-5-8/h1-3,8-9H,4-7H2,(H,20,21)(H,19,23,26)/t9-/m1/s1. The van der Waals surface area contributed by atoms with E-state index in [1.165, 1.54) is 22.3 Å². The zero-order chi connectivity index (χ0) is 18.5. The number of hydrogen-bond donors (Lipinski definition) is 2. The number of rotatable bonds is 4. The number of carbonyl (C=O) groups is 2. The minimum Gasteiger partial charge on any atom is -0.300 e. The molecule has 1 atom stereocenters. The number of nitrogens with zero attached hydrogens (tertiary/aromatic N) is 4. The van der Waals surface area contributed by atoms with E-state index >= 15 is 0 Å². The number of H-pyrrole nitrogens is 1. The molecule has 10 heteroatoms. The van der Waals surface area contributed by atoms with Crippen LogP contribution in [0.5, 0.6) is 0 Å². The van der Waals surface area contributed by atoms with Gasteiger partial charge in [0.1, 0.15) is 10.8 Å². The lowest BCUT2D eigenvalue weighted by Crippen LogP contribution is -2.28. The molecule has 2 N–H and O–H groups in total. The Morgan fingerprint density at radius 1 is 1.33 bits per heavy atom. The third-order valence-electron chi connectivity index (χ3n) is 4.87. The van der Waals surface area contributed by atoms with Crippen molar-refractivity contribution in [3.63, 3.8) is 0 Å². The second-order valence-electron chi connectivity index (χ2n) is 6.82. The predicted molar refractivity (Wildman–Crippen MR) is 97.0 cm³/mol. The summed E-state index contributed by atoms with van der Waals surface area (Å²) < 4.78 is 14.2. The van der Waals surface area contributed by atoms with Crippen LogP contribution in [0.4, 0.5) is 15.3 Å². The van der Waals surface area contributed by atoms with Crippen molar-refractivity contribution in [2.75, 3.05) is 16.8 Å². The van der Waals surface area contributed by atoms with Gasteiger partial charge in [0.25, 0.3) is 0 Å². The summed E-state index contributed by atoms with van der Waals surface area (Å²) in [4.78, 5) is 26.4. The lowest BCUT2D eigenvalue weighted by atomic mass is 10.1. The number of carbonyl (C=O) groups excluding carboxylic acids is 2. The molecular weight excluding hydrogens is 371 g/mol. The van der Waals surface area contributed by atoms with E-state index in [0.717, 1.165) is 17.8 Å². The van der Waals surface area contributed by atoms with Gasteiger partial charge in [-0.25, -0.2) is 4.39 Å². The number of amides is 2. The highest BCUT2D eigenvalue weighted by molar-refractivity contribution is 7.15. The minimum atomic E-state index is -0.552. The van der Waals surface area contributed by atoms with Crippen LogP contribution in [0.1, 0.15) is 30.2 Å². The molecule has 1 saturated heterocycles. The Kier molecular flexibility index (Phi) is 3.67. The summed E-state index contributed by atoms with van der Waals surface area (Å²) in [6, 6.07) is 4.57. The van der Waals surface area contributed by atoms with Crippen molar-refractivity contribution < 1.29 is 14.0 Å². The molecule has 2 fully saturated rings. The molecular formula is C17H15FN6O2S. The fourth-order valence-corrected chi connectivity index (χ4v) is 4.20. The molecule has 138 valence electrons. The van der Waals surface area contributed by atoms with Crippen LogP contribution in [-0.2, 0) is 9.59 Å². The quantitative estimate of drug-likeness (QED) is 0.717. The van der Waals surface area contributed by atoms with E-state index in [2.05, 4.69) is 25.7 Å². The molecule has 0 spiro atoms. The number of hydrogen-bond acceptors (Lipinski definition) is 6. The van der Waals surface area contributed by atoms with Crippen LogP contribution in [0.25, 0.3) is 10.9 Å². The summed E-state index contributed by atoms with van der Waals surface area (Å²) in [5.74, 6) is -0.870. The predicted octanol–water partition coefficient (Wildman–Crippen LogP) is 2.42.